The first kappa shape index (κ1) is 21.3. The highest BCUT2D eigenvalue weighted by Crippen LogP contribution is 2.30. The summed E-state index contributed by atoms with van der Waals surface area (Å²) in [4.78, 5) is 13.8. The van der Waals surface area contributed by atoms with E-state index in [4.69, 9.17) is 0 Å². The molecule has 0 radical (unpaired) electrons. The van der Waals surface area contributed by atoms with Crippen LogP contribution in [0.3, 0.4) is 0 Å². The predicted octanol–water partition coefficient (Wildman–Crippen LogP) is 5.41. The predicted molar refractivity (Wildman–Crippen MR) is 128 cm³/mol. The second kappa shape index (κ2) is 9.49. The molecule has 2 aromatic carbocycles. The molecule has 7 heteroatoms. The lowest BCUT2D eigenvalue weighted by Gasteiger charge is -2.14. The van der Waals surface area contributed by atoms with Gasteiger partial charge in [-0.25, -0.2) is 0 Å². The van der Waals surface area contributed by atoms with Crippen LogP contribution >= 0.6 is 23.1 Å². The number of aryl methyl sites for hydroxylation is 2. The summed E-state index contributed by atoms with van der Waals surface area (Å²) in [6.07, 6.45) is 0. The van der Waals surface area contributed by atoms with E-state index < -0.39 is 0 Å². The monoisotopic (exact) mass is 448 g/mol. The van der Waals surface area contributed by atoms with Gasteiger partial charge in [0.1, 0.15) is 0 Å². The minimum atomic E-state index is -0.306. The van der Waals surface area contributed by atoms with Crippen molar-refractivity contribution in [3.8, 4) is 17.1 Å². The van der Waals surface area contributed by atoms with E-state index in [9.17, 15) is 4.79 Å². The maximum absolute atomic E-state index is 12.7. The Hall–Kier alpha value is -2.90. The van der Waals surface area contributed by atoms with Crippen LogP contribution in [0.4, 0.5) is 0 Å². The number of rotatable bonds is 7. The zero-order valence-corrected chi connectivity index (χ0v) is 19.3. The highest BCUT2D eigenvalue weighted by Gasteiger charge is 2.22. The number of hydrogen-bond acceptors (Lipinski definition) is 5. The van der Waals surface area contributed by atoms with Crippen LogP contribution in [-0.4, -0.2) is 25.9 Å². The third-order valence-corrected chi connectivity index (χ3v) is 6.82. The van der Waals surface area contributed by atoms with Gasteiger partial charge in [-0.1, -0.05) is 65.4 Å². The quantitative estimate of drug-likeness (QED) is 0.384. The normalized spacial score (nSPS) is 12.0. The molecule has 1 N–H and O–H groups in total. The molecule has 0 bridgehead atoms. The van der Waals surface area contributed by atoms with Gasteiger partial charge in [0.2, 0.25) is 5.91 Å². The number of hydrogen-bond donors (Lipinski definition) is 1. The van der Waals surface area contributed by atoms with Crippen LogP contribution in [-0.2, 0) is 11.3 Å². The van der Waals surface area contributed by atoms with E-state index in [1.165, 1.54) is 22.9 Å². The molecule has 31 heavy (non-hydrogen) atoms. The number of thioether (sulfide) groups is 1. The first-order valence-corrected chi connectivity index (χ1v) is 11.8. The molecule has 1 amide bonds. The summed E-state index contributed by atoms with van der Waals surface area (Å²) in [5.41, 5.74) is 4.33. The summed E-state index contributed by atoms with van der Waals surface area (Å²) < 4.78 is 2.03. The van der Waals surface area contributed by atoms with Crippen LogP contribution in [0.1, 0.15) is 22.9 Å². The van der Waals surface area contributed by atoms with E-state index in [0.29, 0.717) is 11.7 Å². The van der Waals surface area contributed by atoms with Crippen molar-refractivity contribution in [2.75, 3.05) is 0 Å². The van der Waals surface area contributed by atoms with Crippen molar-refractivity contribution >= 4 is 29.0 Å². The second-order valence-corrected chi connectivity index (χ2v) is 9.74. The Kier molecular flexibility index (Phi) is 6.53. The minimum Gasteiger partial charge on any atom is -0.350 e. The molecule has 158 valence electrons. The van der Waals surface area contributed by atoms with Gasteiger partial charge in [-0.15, -0.1) is 21.5 Å². The minimum absolute atomic E-state index is 0.0197. The maximum atomic E-state index is 12.7. The first-order valence-electron chi connectivity index (χ1n) is 10.1. The van der Waals surface area contributed by atoms with Crippen molar-refractivity contribution in [1.82, 2.24) is 20.1 Å². The molecule has 4 aromatic rings. The number of aromatic nitrogens is 3. The number of nitrogens with one attached hydrogen (secondary N) is 1. The van der Waals surface area contributed by atoms with E-state index in [1.807, 2.05) is 29.0 Å². The number of carbonyl (C=O) groups excluding carboxylic acids is 1. The molecule has 2 heterocycles. The molecular formula is C24H24N4OS2. The number of benzene rings is 2. The number of amides is 1. The van der Waals surface area contributed by atoms with Gasteiger partial charge in [-0.05, 0) is 44.4 Å². The van der Waals surface area contributed by atoms with Crippen LogP contribution in [0.15, 0.2) is 71.2 Å². The molecule has 0 saturated carbocycles. The molecule has 0 fully saturated rings. The van der Waals surface area contributed by atoms with Crippen LogP contribution in [0, 0.1) is 13.8 Å². The summed E-state index contributed by atoms with van der Waals surface area (Å²) >= 11 is 3.05. The fraction of sp³-hybridized carbons (Fsp3) is 0.208. The van der Waals surface area contributed by atoms with Crippen LogP contribution in [0.25, 0.3) is 17.1 Å². The van der Waals surface area contributed by atoms with Crippen molar-refractivity contribution < 1.29 is 4.79 Å². The second-order valence-electron chi connectivity index (χ2n) is 7.40. The Labute approximate surface area is 190 Å². The highest BCUT2D eigenvalue weighted by molar-refractivity contribution is 8.00. The van der Waals surface area contributed by atoms with Gasteiger partial charge in [-0.2, -0.15) is 0 Å². The topological polar surface area (TPSA) is 59.8 Å². The van der Waals surface area contributed by atoms with E-state index in [1.54, 1.807) is 11.3 Å². The van der Waals surface area contributed by atoms with Gasteiger partial charge in [0, 0.05) is 16.1 Å². The van der Waals surface area contributed by atoms with Gasteiger partial charge in [-0.3, -0.25) is 9.36 Å². The highest BCUT2D eigenvalue weighted by atomic mass is 32.2. The van der Waals surface area contributed by atoms with E-state index in [0.717, 1.165) is 22.0 Å². The van der Waals surface area contributed by atoms with Gasteiger partial charge in [0.15, 0.2) is 11.0 Å². The lowest BCUT2D eigenvalue weighted by atomic mass is 10.1. The van der Waals surface area contributed by atoms with Gasteiger partial charge in [0.05, 0.1) is 11.8 Å². The average Bonchev–Trinajstić information content (AvgIpc) is 3.43. The van der Waals surface area contributed by atoms with Gasteiger partial charge >= 0.3 is 0 Å². The fourth-order valence-corrected chi connectivity index (χ4v) is 4.64. The van der Waals surface area contributed by atoms with E-state index >= 15 is 0 Å². The molecule has 1 unspecified atom stereocenters. The number of nitrogens with zero attached hydrogens (tertiary/aromatic N) is 3. The maximum Gasteiger partial charge on any atom is 0.233 e. The zero-order valence-electron chi connectivity index (χ0n) is 17.7. The average molecular weight is 449 g/mol. The molecule has 1 atom stereocenters. The smallest absolute Gasteiger partial charge is 0.233 e. The largest absolute Gasteiger partial charge is 0.350 e. The van der Waals surface area contributed by atoms with Crippen molar-refractivity contribution in [3.05, 3.63) is 82.0 Å². The number of thiophene rings is 1. The Morgan fingerprint density at radius 2 is 1.71 bits per heavy atom. The molecular weight excluding hydrogens is 424 g/mol. The molecule has 0 aliphatic rings. The third kappa shape index (κ3) is 5.06. The van der Waals surface area contributed by atoms with Crippen molar-refractivity contribution in [2.45, 2.75) is 37.7 Å². The van der Waals surface area contributed by atoms with E-state index in [2.05, 4.69) is 77.9 Å². The SMILES string of the molecule is Cc1ccc(-c2nnc(SC(C)C(=O)NCc3cccs3)n2-c2ccc(C)cc2)cc1. The summed E-state index contributed by atoms with van der Waals surface area (Å²) in [7, 11) is 0. The summed E-state index contributed by atoms with van der Waals surface area (Å²) in [5, 5.41) is 14.3. The molecule has 5 nitrogen and oxygen atoms in total. The zero-order chi connectivity index (χ0) is 21.8. The molecule has 0 spiro atoms. The van der Waals surface area contributed by atoms with Gasteiger partial charge < -0.3 is 5.32 Å². The third-order valence-electron chi connectivity index (χ3n) is 4.90. The number of carbonyl (C=O) groups is 1. The Balaban J connectivity index is 1.61. The standard InChI is InChI=1S/C24H24N4OS2/c1-16-6-10-19(11-7-16)22-26-27-24(28(22)20-12-8-17(2)9-13-20)31-18(3)23(29)25-15-21-5-4-14-30-21/h4-14,18H,15H2,1-3H3,(H,25,29). The summed E-state index contributed by atoms with van der Waals surface area (Å²) in [6.45, 7) is 6.56. The molecule has 0 aliphatic carbocycles. The van der Waals surface area contributed by atoms with Crippen molar-refractivity contribution in [1.29, 1.82) is 0 Å². The summed E-state index contributed by atoms with van der Waals surface area (Å²) in [6, 6.07) is 20.5. The fourth-order valence-electron chi connectivity index (χ4n) is 3.11. The van der Waals surface area contributed by atoms with Crippen molar-refractivity contribution in [3.63, 3.8) is 0 Å². The van der Waals surface area contributed by atoms with Crippen molar-refractivity contribution in [2.24, 2.45) is 0 Å². The molecule has 2 aromatic heterocycles. The Morgan fingerprint density at radius 3 is 2.35 bits per heavy atom. The first-order chi connectivity index (χ1) is 15.0. The Bertz CT molecular complexity index is 1150. The van der Waals surface area contributed by atoms with Gasteiger partial charge in [0.25, 0.3) is 0 Å². The lowest BCUT2D eigenvalue weighted by Crippen LogP contribution is -2.30. The Morgan fingerprint density at radius 1 is 1.03 bits per heavy atom. The molecule has 0 saturated heterocycles. The van der Waals surface area contributed by atoms with E-state index in [-0.39, 0.29) is 11.2 Å². The van der Waals surface area contributed by atoms with Crippen LogP contribution in [0.2, 0.25) is 0 Å². The van der Waals surface area contributed by atoms with Crippen LogP contribution in [0.5, 0.6) is 0 Å². The lowest BCUT2D eigenvalue weighted by molar-refractivity contribution is -0.120. The molecule has 0 aliphatic heterocycles. The molecule has 4 rings (SSSR count). The van der Waals surface area contributed by atoms with Crippen LogP contribution < -0.4 is 5.32 Å². The summed E-state index contributed by atoms with van der Waals surface area (Å²) in [5.74, 6) is 0.742.